The number of rotatable bonds is 5. The first-order valence-corrected chi connectivity index (χ1v) is 5.87. The van der Waals surface area contributed by atoms with Gasteiger partial charge in [-0.05, 0) is 17.7 Å². The molecule has 0 heterocycles. The number of carbonyl (C=O) groups excluding carboxylic acids is 2. The monoisotopic (exact) mass is 283 g/mol. The summed E-state index contributed by atoms with van der Waals surface area (Å²) in [6.45, 7) is 0.608. The lowest BCUT2D eigenvalue weighted by Gasteiger charge is -2.02. The molecular weight excluding hydrogens is 270 g/mol. The number of hydrogen-bond acceptors (Lipinski definition) is 4. The van der Waals surface area contributed by atoms with Gasteiger partial charge in [-0.25, -0.2) is 5.43 Å². The fourth-order valence-electron chi connectivity index (χ4n) is 1.11. The van der Waals surface area contributed by atoms with Crippen LogP contribution in [0.2, 0.25) is 5.02 Å². The summed E-state index contributed by atoms with van der Waals surface area (Å²) < 4.78 is 4.73. The molecule has 2 amide bonds. The zero-order valence-corrected chi connectivity index (χ0v) is 11.1. The zero-order valence-electron chi connectivity index (χ0n) is 10.4. The van der Waals surface area contributed by atoms with Gasteiger partial charge in [0.1, 0.15) is 0 Å². The van der Waals surface area contributed by atoms with Gasteiger partial charge in [0, 0.05) is 18.7 Å². The number of methoxy groups -OCH3 is 1. The Kier molecular flexibility index (Phi) is 6.56. The molecule has 0 aliphatic carbocycles. The Morgan fingerprint density at radius 2 is 2.00 bits per heavy atom. The summed E-state index contributed by atoms with van der Waals surface area (Å²) in [5.74, 6) is -1.59. The first kappa shape index (κ1) is 15.1. The zero-order chi connectivity index (χ0) is 14.1. The minimum Gasteiger partial charge on any atom is -0.383 e. The minimum absolute atomic E-state index is 0.268. The highest BCUT2D eigenvalue weighted by Crippen LogP contribution is 2.07. The van der Waals surface area contributed by atoms with E-state index in [1.807, 2.05) is 0 Å². The average molecular weight is 284 g/mol. The van der Waals surface area contributed by atoms with Crippen molar-refractivity contribution in [2.45, 2.75) is 0 Å². The predicted octanol–water partition coefficient (Wildman–Crippen LogP) is 0.553. The van der Waals surface area contributed by atoms with Crippen molar-refractivity contribution in [2.75, 3.05) is 20.3 Å². The van der Waals surface area contributed by atoms with E-state index in [0.29, 0.717) is 11.6 Å². The Hall–Kier alpha value is -1.92. The molecule has 1 rings (SSSR count). The molecular formula is C12H14ClN3O3. The van der Waals surface area contributed by atoms with Crippen LogP contribution in [0, 0.1) is 0 Å². The fourth-order valence-corrected chi connectivity index (χ4v) is 1.24. The van der Waals surface area contributed by atoms with Crippen molar-refractivity contribution < 1.29 is 14.3 Å². The maximum absolute atomic E-state index is 11.3. The summed E-state index contributed by atoms with van der Waals surface area (Å²) in [4.78, 5) is 22.5. The van der Waals surface area contributed by atoms with E-state index < -0.39 is 11.8 Å². The summed E-state index contributed by atoms with van der Waals surface area (Å²) >= 11 is 5.72. The van der Waals surface area contributed by atoms with Crippen LogP contribution >= 0.6 is 11.6 Å². The molecule has 2 N–H and O–H groups in total. The van der Waals surface area contributed by atoms with Gasteiger partial charge in [0.25, 0.3) is 0 Å². The van der Waals surface area contributed by atoms with Crippen LogP contribution in [0.3, 0.4) is 0 Å². The second kappa shape index (κ2) is 8.23. The standard InChI is InChI=1S/C12H14ClN3O3/c1-19-7-6-14-11(17)12(18)16-15-8-9-2-4-10(13)5-3-9/h2-5,8H,6-7H2,1H3,(H,14,17)(H,16,18). The van der Waals surface area contributed by atoms with Crippen molar-refractivity contribution in [3.05, 3.63) is 34.9 Å². The predicted molar refractivity (Wildman–Crippen MR) is 72.1 cm³/mol. The van der Waals surface area contributed by atoms with Crippen LogP contribution in [-0.2, 0) is 14.3 Å². The molecule has 0 radical (unpaired) electrons. The number of halogens is 1. The van der Waals surface area contributed by atoms with Gasteiger partial charge in [-0.2, -0.15) is 5.10 Å². The second-order valence-electron chi connectivity index (χ2n) is 3.50. The number of amides is 2. The molecule has 0 fully saturated rings. The average Bonchev–Trinajstić information content (AvgIpc) is 2.41. The van der Waals surface area contributed by atoms with Gasteiger partial charge in [0.05, 0.1) is 12.8 Å². The molecule has 0 aliphatic heterocycles. The quantitative estimate of drug-likeness (QED) is 0.358. The van der Waals surface area contributed by atoms with E-state index in [2.05, 4.69) is 15.8 Å². The molecule has 0 unspecified atom stereocenters. The van der Waals surface area contributed by atoms with Crippen LogP contribution < -0.4 is 10.7 Å². The fraction of sp³-hybridized carbons (Fsp3) is 0.250. The smallest absolute Gasteiger partial charge is 0.329 e. The third-order valence-electron chi connectivity index (χ3n) is 2.05. The third kappa shape index (κ3) is 5.98. The Labute approximate surface area is 115 Å². The van der Waals surface area contributed by atoms with Crippen LogP contribution in [0.25, 0.3) is 0 Å². The maximum Gasteiger partial charge on any atom is 0.329 e. The highest BCUT2D eigenvalue weighted by molar-refractivity contribution is 6.35. The van der Waals surface area contributed by atoms with Crippen LogP contribution in [0.5, 0.6) is 0 Å². The van der Waals surface area contributed by atoms with Gasteiger partial charge < -0.3 is 10.1 Å². The van der Waals surface area contributed by atoms with Crippen LogP contribution in [-0.4, -0.2) is 38.3 Å². The lowest BCUT2D eigenvalue weighted by atomic mass is 10.2. The first-order chi connectivity index (χ1) is 9.13. The highest BCUT2D eigenvalue weighted by atomic mass is 35.5. The third-order valence-corrected chi connectivity index (χ3v) is 2.30. The van der Waals surface area contributed by atoms with Gasteiger partial charge in [-0.1, -0.05) is 23.7 Å². The lowest BCUT2D eigenvalue weighted by Crippen LogP contribution is -2.39. The number of ether oxygens (including phenoxy) is 1. The van der Waals surface area contributed by atoms with E-state index in [0.717, 1.165) is 5.56 Å². The van der Waals surface area contributed by atoms with Gasteiger partial charge in [0.15, 0.2) is 0 Å². The summed E-state index contributed by atoms with van der Waals surface area (Å²) in [6.07, 6.45) is 1.41. The van der Waals surface area contributed by atoms with Crippen LogP contribution in [0.4, 0.5) is 0 Å². The SMILES string of the molecule is COCCNC(=O)C(=O)NN=Cc1ccc(Cl)cc1. The Morgan fingerprint density at radius 1 is 1.32 bits per heavy atom. The van der Waals surface area contributed by atoms with E-state index in [4.69, 9.17) is 16.3 Å². The van der Waals surface area contributed by atoms with E-state index in [1.54, 1.807) is 24.3 Å². The summed E-state index contributed by atoms with van der Waals surface area (Å²) in [6, 6.07) is 6.86. The number of benzene rings is 1. The minimum atomic E-state index is -0.832. The summed E-state index contributed by atoms with van der Waals surface area (Å²) in [5, 5.41) is 6.64. The van der Waals surface area contributed by atoms with Crippen LogP contribution in [0.15, 0.2) is 29.4 Å². The summed E-state index contributed by atoms with van der Waals surface area (Å²) in [5.41, 5.74) is 2.87. The van der Waals surface area contributed by atoms with Gasteiger partial charge >= 0.3 is 11.8 Å². The maximum atomic E-state index is 11.3. The number of hydrogen-bond donors (Lipinski definition) is 2. The molecule has 19 heavy (non-hydrogen) atoms. The normalized spacial score (nSPS) is 10.4. The van der Waals surface area contributed by atoms with Crippen molar-refractivity contribution in [3.63, 3.8) is 0 Å². The van der Waals surface area contributed by atoms with Gasteiger partial charge in [-0.3, -0.25) is 9.59 Å². The lowest BCUT2D eigenvalue weighted by molar-refractivity contribution is -0.139. The summed E-state index contributed by atoms with van der Waals surface area (Å²) in [7, 11) is 1.50. The molecule has 0 saturated heterocycles. The molecule has 6 nitrogen and oxygen atoms in total. The van der Waals surface area contributed by atoms with E-state index in [-0.39, 0.29) is 6.54 Å². The first-order valence-electron chi connectivity index (χ1n) is 5.49. The number of nitrogens with zero attached hydrogens (tertiary/aromatic N) is 1. The molecule has 1 aromatic carbocycles. The van der Waals surface area contributed by atoms with Crippen molar-refractivity contribution in [3.8, 4) is 0 Å². The highest BCUT2D eigenvalue weighted by Gasteiger charge is 2.10. The van der Waals surface area contributed by atoms with Crippen molar-refractivity contribution >= 4 is 29.6 Å². The molecule has 0 atom stereocenters. The largest absolute Gasteiger partial charge is 0.383 e. The second-order valence-corrected chi connectivity index (χ2v) is 3.94. The van der Waals surface area contributed by atoms with Crippen molar-refractivity contribution in [1.29, 1.82) is 0 Å². The number of hydrazone groups is 1. The van der Waals surface area contributed by atoms with Gasteiger partial charge in [-0.15, -0.1) is 0 Å². The molecule has 7 heteroatoms. The number of carbonyl (C=O) groups is 2. The number of nitrogens with one attached hydrogen (secondary N) is 2. The topological polar surface area (TPSA) is 79.8 Å². The van der Waals surface area contributed by atoms with Crippen molar-refractivity contribution in [2.24, 2.45) is 5.10 Å². The van der Waals surface area contributed by atoms with E-state index >= 15 is 0 Å². The van der Waals surface area contributed by atoms with Crippen LogP contribution in [0.1, 0.15) is 5.56 Å². The Morgan fingerprint density at radius 3 is 2.63 bits per heavy atom. The van der Waals surface area contributed by atoms with Crippen molar-refractivity contribution in [1.82, 2.24) is 10.7 Å². The molecule has 0 aliphatic rings. The Balaban J connectivity index is 2.36. The Bertz CT molecular complexity index is 460. The molecule has 1 aromatic rings. The molecule has 0 bridgehead atoms. The molecule has 0 aromatic heterocycles. The molecule has 102 valence electrons. The van der Waals surface area contributed by atoms with E-state index in [9.17, 15) is 9.59 Å². The van der Waals surface area contributed by atoms with Gasteiger partial charge in [0.2, 0.25) is 0 Å². The molecule has 0 saturated carbocycles. The molecule has 0 spiro atoms. The van der Waals surface area contributed by atoms with E-state index in [1.165, 1.54) is 13.3 Å².